The Morgan fingerprint density at radius 2 is 1.71 bits per heavy atom. The quantitative estimate of drug-likeness (QED) is 0.942. The van der Waals surface area contributed by atoms with E-state index < -0.39 is 17.4 Å². The first kappa shape index (κ1) is 15.8. The highest BCUT2D eigenvalue weighted by molar-refractivity contribution is 5.98. The summed E-state index contributed by atoms with van der Waals surface area (Å²) >= 11 is 0. The Kier molecular flexibility index (Phi) is 4.05. The van der Waals surface area contributed by atoms with Crippen LogP contribution in [-0.4, -0.2) is 17.0 Å². The molecular weight excluding hydrogens is 304 g/mol. The highest BCUT2D eigenvalue weighted by Crippen LogP contribution is 2.48. The van der Waals surface area contributed by atoms with Crippen molar-refractivity contribution in [3.63, 3.8) is 0 Å². The molecule has 2 atom stereocenters. The van der Waals surface area contributed by atoms with E-state index in [1.807, 2.05) is 18.2 Å². The minimum atomic E-state index is -1.68. The van der Waals surface area contributed by atoms with Gasteiger partial charge >= 0.3 is 5.97 Å². The lowest BCUT2D eigenvalue weighted by atomic mass is 9.71. The van der Waals surface area contributed by atoms with Crippen molar-refractivity contribution in [2.45, 2.75) is 18.9 Å². The molecule has 1 amide bonds. The number of carbonyl (C=O) groups is 2. The monoisotopic (exact) mass is 320 g/mol. The molecule has 2 aromatic rings. The Bertz CT molecular complexity index is 798. The highest BCUT2D eigenvalue weighted by atomic mass is 16.4. The number of piperidine rings is 1. The van der Waals surface area contributed by atoms with Crippen molar-refractivity contribution in [1.29, 1.82) is 5.26 Å². The first-order valence-electron chi connectivity index (χ1n) is 7.67. The maximum Gasteiger partial charge on any atom is 0.326 e. The molecule has 0 aliphatic carbocycles. The van der Waals surface area contributed by atoms with Gasteiger partial charge in [0.2, 0.25) is 5.91 Å². The van der Waals surface area contributed by atoms with E-state index >= 15 is 0 Å². The van der Waals surface area contributed by atoms with Gasteiger partial charge in [0.15, 0.2) is 5.41 Å². The molecule has 5 nitrogen and oxygen atoms in total. The van der Waals surface area contributed by atoms with Gasteiger partial charge in [-0.05, 0) is 24.1 Å². The second kappa shape index (κ2) is 6.17. The predicted molar refractivity (Wildman–Crippen MR) is 88.0 cm³/mol. The molecule has 2 aromatic carbocycles. The number of hydrogen-bond acceptors (Lipinski definition) is 3. The molecule has 1 aliphatic heterocycles. The first-order chi connectivity index (χ1) is 11.6. The minimum absolute atomic E-state index is 0.000557. The van der Waals surface area contributed by atoms with Gasteiger partial charge in [0.25, 0.3) is 0 Å². The van der Waals surface area contributed by atoms with Crippen LogP contribution in [0.4, 0.5) is 5.69 Å². The van der Waals surface area contributed by atoms with Crippen LogP contribution in [0.2, 0.25) is 0 Å². The van der Waals surface area contributed by atoms with E-state index in [9.17, 15) is 20.0 Å². The average molecular weight is 320 g/mol. The number of nitriles is 1. The lowest BCUT2D eigenvalue weighted by molar-refractivity contribution is -0.149. The summed E-state index contributed by atoms with van der Waals surface area (Å²) in [7, 11) is 0. The Labute approximate surface area is 139 Å². The third-order valence-electron chi connectivity index (χ3n) is 4.46. The average Bonchev–Trinajstić information content (AvgIpc) is 2.63. The molecule has 3 rings (SSSR count). The highest BCUT2D eigenvalue weighted by Gasteiger charge is 2.54. The SMILES string of the molecule is N#C[C@@]1(C(=O)O)CCC(=O)N(c2ccccc2)[C@@H]1c1ccccc1. The number of aliphatic carboxylic acids is 1. The van der Waals surface area contributed by atoms with Gasteiger partial charge in [-0.3, -0.25) is 9.59 Å². The Balaban J connectivity index is 2.23. The topological polar surface area (TPSA) is 81.4 Å². The van der Waals surface area contributed by atoms with Crippen molar-refractivity contribution in [1.82, 2.24) is 0 Å². The van der Waals surface area contributed by atoms with E-state index in [0.29, 0.717) is 11.3 Å². The van der Waals surface area contributed by atoms with Crippen LogP contribution in [0.25, 0.3) is 0 Å². The molecule has 0 radical (unpaired) electrons. The molecule has 120 valence electrons. The molecule has 0 aromatic heterocycles. The Morgan fingerprint density at radius 1 is 1.12 bits per heavy atom. The van der Waals surface area contributed by atoms with Gasteiger partial charge in [-0.1, -0.05) is 48.5 Å². The van der Waals surface area contributed by atoms with Crippen LogP contribution in [0.1, 0.15) is 24.4 Å². The molecule has 1 aliphatic rings. The number of carboxylic acid groups (broad SMARTS) is 1. The van der Waals surface area contributed by atoms with Crippen LogP contribution in [0, 0.1) is 16.7 Å². The van der Waals surface area contributed by atoms with Crippen molar-refractivity contribution in [3.05, 3.63) is 66.2 Å². The number of nitrogens with zero attached hydrogens (tertiary/aromatic N) is 2. The van der Waals surface area contributed by atoms with Crippen molar-refractivity contribution in [2.24, 2.45) is 5.41 Å². The lowest BCUT2D eigenvalue weighted by Gasteiger charge is -2.44. The van der Waals surface area contributed by atoms with Gasteiger partial charge in [0, 0.05) is 12.1 Å². The maximum atomic E-state index is 12.6. The Morgan fingerprint density at radius 3 is 2.25 bits per heavy atom. The van der Waals surface area contributed by atoms with Gasteiger partial charge < -0.3 is 10.0 Å². The normalized spacial score (nSPS) is 23.5. The predicted octanol–water partition coefficient (Wildman–Crippen LogP) is 3.15. The fourth-order valence-corrected chi connectivity index (χ4v) is 3.26. The third kappa shape index (κ3) is 2.42. The number of anilines is 1. The van der Waals surface area contributed by atoms with Gasteiger partial charge in [-0.2, -0.15) is 5.26 Å². The summed E-state index contributed by atoms with van der Waals surface area (Å²) in [5.41, 5.74) is -0.444. The van der Waals surface area contributed by atoms with Gasteiger partial charge in [-0.25, -0.2) is 0 Å². The number of benzene rings is 2. The number of rotatable bonds is 3. The summed E-state index contributed by atoms with van der Waals surface area (Å²) in [6.07, 6.45) is 0.0264. The van der Waals surface area contributed by atoms with Crippen LogP contribution in [-0.2, 0) is 9.59 Å². The van der Waals surface area contributed by atoms with E-state index in [2.05, 4.69) is 0 Å². The summed E-state index contributed by atoms with van der Waals surface area (Å²) in [6, 6.07) is 18.9. The molecule has 0 spiro atoms. The van der Waals surface area contributed by atoms with Crippen LogP contribution in [0.5, 0.6) is 0 Å². The van der Waals surface area contributed by atoms with Gasteiger partial charge in [0.1, 0.15) is 0 Å². The minimum Gasteiger partial charge on any atom is -0.480 e. The molecule has 1 N–H and O–H groups in total. The zero-order valence-corrected chi connectivity index (χ0v) is 12.9. The lowest BCUT2D eigenvalue weighted by Crippen LogP contribution is -2.52. The molecule has 0 bridgehead atoms. The molecule has 1 heterocycles. The zero-order chi connectivity index (χ0) is 17.2. The fourth-order valence-electron chi connectivity index (χ4n) is 3.26. The largest absolute Gasteiger partial charge is 0.480 e. The van der Waals surface area contributed by atoms with E-state index in [1.54, 1.807) is 48.5 Å². The van der Waals surface area contributed by atoms with Crippen molar-refractivity contribution in [2.75, 3.05) is 4.90 Å². The van der Waals surface area contributed by atoms with Crippen LogP contribution in [0.15, 0.2) is 60.7 Å². The van der Waals surface area contributed by atoms with E-state index in [0.717, 1.165) is 0 Å². The van der Waals surface area contributed by atoms with Crippen LogP contribution >= 0.6 is 0 Å². The smallest absolute Gasteiger partial charge is 0.326 e. The summed E-state index contributed by atoms with van der Waals surface area (Å²) in [6.45, 7) is 0. The summed E-state index contributed by atoms with van der Waals surface area (Å²) in [4.78, 5) is 26.1. The number of para-hydroxylation sites is 1. The first-order valence-corrected chi connectivity index (χ1v) is 7.67. The molecule has 24 heavy (non-hydrogen) atoms. The second-order valence-corrected chi connectivity index (χ2v) is 5.80. The maximum absolute atomic E-state index is 12.6. The molecule has 0 saturated carbocycles. The molecular formula is C19H16N2O3. The van der Waals surface area contributed by atoms with Crippen molar-refractivity contribution < 1.29 is 14.7 Å². The van der Waals surface area contributed by atoms with Crippen molar-refractivity contribution >= 4 is 17.6 Å². The fraction of sp³-hybridized carbons (Fsp3) is 0.211. The van der Waals surface area contributed by atoms with Crippen molar-refractivity contribution in [3.8, 4) is 6.07 Å². The summed E-state index contributed by atoms with van der Waals surface area (Å²) in [5.74, 6) is -1.38. The Hall–Kier alpha value is -3.13. The van der Waals surface area contributed by atoms with Crippen LogP contribution < -0.4 is 4.90 Å². The number of amides is 1. The zero-order valence-electron chi connectivity index (χ0n) is 12.9. The molecule has 1 saturated heterocycles. The summed E-state index contributed by atoms with van der Waals surface area (Å²) < 4.78 is 0. The standard InChI is InChI=1S/C19H16N2O3/c20-13-19(18(23)24)12-11-16(22)21(15-9-5-2-6-10-15)17(19)14-7-3-1-4-8-14/h1-10,17H,11-12H2,(H,23,24)/t17-,19+/m1/s1. The van der Waals surface area contributed by atoms with E-state index in [-0.39, 0.29) is 18.7 Å². The molecule has 5 heteroatoms. The second-order valence-electron chi connectivity index (χ2n) is 5.80. The summed E-state index contributed by atoms with van der Waals surface area (Å²) in [5, 5.41) is 19.5. The molecule has 1 fully saturated rings. The number of carbonyl (C=O) groups excluding carboxylic acids is 1. The van der Waals surface area contributed by atoms with Crippen LogP contribution in [0.3, 0.4) is 0 Å². The van der Waals surface area contributed by atoms with Gasteiger partial charge in [0.05, 0.1) is 12.1 Å². The number of carboxylic acids is 1. The third-order valence-corrected chi connectivity index (χ3v) is 4.46. The van der Waals surface area contributed by atoms with E-state index in [4.69, 9.17) is 0 Å². The number of hydrogen-bond donors (Lipinski definition) is 1. The van der Waals surface area contributed by atoms with E-state index in [1.165, 1.54) is 4.90 Å². The van der Waals surface area contributed by atoms with Gasteiger partial charge in [-0.15, -0.1) is 0 Å². The molecule has 0 unspecified atom stereocenters.